The Bertz CT molecular complexity index is 998. The van der Waals surface area contributed by atoms with Crippen LogP contribution in [0.15, 0.2) is 52.6 Å². The minimum atomic E-state index is -0.128. The van der Waals surface area contributed by atoms with Crippen LogP contribution in [0.1, 0.15) is 25.3 Å². The standard InChI is InChI=1S/C20H21N5O2S2/c1-14(26)22-16-3-2-4-18(9-16)25-13-21-23-20(25)29-12-19(27)24(17-5-6-17)10-15-7-8-28-11-15/h2-4,7-9,11,13,17H,5-6,10,12H2,1H3,(H,22,26). The predicted molar refractivity (Wildman–Crippen MR) is 114 cm³/mol. The topological polar surface area (TPSA) is 80.1 Å². The number of rotatable bonds is 8. The summed E-state index contributed by atoms with van der Waals surface area (Å²) in [4.78, 5) is 26.2. The quantitative estimate of drug-likeness (QED) is 0.556. The van der Waals surface area contributed by atoms with Crippen LogP contribution in [0.5, 0.6) is 0 Å². The number of carbonyl (C=O) groups excluding carboxylic acids is 2. The summed E-state index contributed by atoms with van der Waals surface area (Å²) in [5.41, 5.74) is 2.71. The van der Waals surface area contributed by atoms with Crippen molar-refractivity contribution in [2.24, 2.45) is 0 Å². The van der Waals surface area contributed by atoms with Gasteiger partial charge in [-0.3, -0.25) is 14.2 Å². The van der Waals surface area contributed by atoms with E-state index in [4.69, 9.17) is 0 Å². The van der Waals surface area contributed by atoms with Crippen LogP contribution in [0.4, 0.5) is 5.69 Å². The van der Waals surface area contributed by atoms with Gasteiger partial charge in [0.05, 0.1) is 11.4 Å². The number of nitrogens with zero attached hydrogens (tertiary/aromatic N) is 4. The van der Waals surface area contributed by atoms with Gasteiger partial charge in [-0.25, -0.2) is 0 Å². The number of hydrogen-bond acceptors (Lipinski definition) is 6. The zero-order chi connectivity index (χ0) is 20.2. The molecule has 0 aliphatic heterocycles. The minimum absolute atomic E-state index is 0.116. The van der Waals surface area contributed by atoms with E-state index in [-0.39, 0.29) is 11.8 Å². The molecule has 2 heterocycles. The van der Waals surface area contributed by atoms with Crippen molar-refractivity contribution in [3.8, 4) is 5.69 Å². The fourth-order valence-electron chi connectivity index (χ4n) is 3.03. The summed E-state index contributed by atoms with van der Waals surface area (Å²) in [6.45, 7) is 2.14. The molecule has 4 rings (SSSR count). The van der Waals surface area contributed by atoms with Crippen molar-refractivity contribution in [3.63, 3.8) is 0 Å². The van der Waals surface area contributed by atoms with Crippen molar-refractivity contribution in [1.82, 2.24) is 19.7 Å². The average molecular weight is 428 g/mol. The predicted octanol–water partition coefficient (Wildman–Crippen LogP) is 3.57. The van der Waals surface area contributed by atoms with Crippen molar-refractivity contribution in [1.29, 1.82) is 0 Å². The second-order valence-corrected chi connectivity index (χ2v) is 8.61. The maximum Gasteiger partial charge on any atom is 0.233 e. The van der Waals surface area contributed by atoms with Crippen molar-refractivity contribution >= 4 is 40.6 Å². The Kier molecular flexibility index (Phi) is 5.96. The van der Waals surface area contributed by atoms with E-state index in [0.717, 1.165) is 18.5 Å². The van der Waals surface area contributed by atoms with Gasteiger partial charge in [0.2, 0.25) is 11.8 Å². The summed E-state index contributed by atoms with van der Waals surface area (Å²) in [7, 11) is 0. The highest BCUT2D eigenvalue weighted by atomic mass is 32.2. The zero-order valence-electron chi connectivity index (χ0n) is 15.9. The van der Waals surface area contributed by atoms with Gasteiger partial charge in [-0.1, -0.05) is 17.8 Å². The molecule has 1 fully saturated rings. The summed E-state index contributed by atoms with van der Waals surface area (Å²) in [5.74, 6) is 0.298. The lowest BCUT2D eigenvalue weighted by Crippen LogP contribution is -2.33. The Labute approximate surface area is 177 Å². The molecule has 29 heavy (non-hydrogen) atoms. The molecule has 0 saturated heterocycles. The van der Waals surface area contributed by atoms with Gasteiger partial charge in [0.1, 0.15) is 6.33 Å². The lowest BCUT2D eigenvalue weighted by atomic mass is 10.2. The number of carbonyl (C=O) groups is 2. The monoisotopic (exact) mass is 427 g/mol. The Hall–Kier alpha value is -2.65. The molecule has 1 aliphatic carbocycles. The molecular weight excluding hydrogens is 406 g/mol. The average Bonchev–Trinajstić information content (AvgIpc) is 3.21. The molecule has 1 N–H and O–H groups in total. The number of amides is 2. The molecule has 1 saturated carbocycles. The molecule has 0 radical (unpaired) electrons. The smallest absolute Gasteiger partial charge is 0.233 e. The zero-order valence-corrected chi connectivity index (χ0v) is 17.6. The Morgan fingerprint density at radius 3 is 2.93 bits per heavy atom. The van der Waals surface area contributed by atoms with E-state index in [0.29, 0.717) is 29.2 Å². The fourth-order valence-corrected chi connectivity index (χ4v) is 4.51. The summed E-state index contributed by atoms with van der Waals surface area (Å²) < 4.78 is 1.82. The molecule has 0 unspecified atom stereocenters. The van der Waals surface area contributed by atoms with Crippen LogP contribution in [0.2, 0.25) is 0 Å². The van der Waals surface area contributed by atoms with Crippen LogP contribution in [0.25, 0.3) is 5.69 Å². The number of anilines is 1. The molecule has 0 spiro atoms. The summed E-state index contributed by atoms with van der Waals surface area (Å²) >= 11 is 3.03. The van der Waals surface area contributed by atoms with E-state index in [1.807, 2.05) is 39.1 Å². The first-order valence-electron chi connectivity index (χ1n) is 9.31. The van der Waals surface area contributed by atoms with Gasteiger partial charge in [-0.15, -0.1) is 10.2 Å². The first kappa shape index (κ1) is 19.7. The number of benzene rings is 1. The third-order valence-corrected chi connectivity index (χ3v) is 6.19. The largest absolute Gasteiger partial charge is 0.335 e. The van der Waals surface area contributed by atoms with E-state index in [1.54, 1.807) is 17.7 Å². The van der Waals surface area contributed by atoms with Gasteiger partial charge >= 0.3 is 0 Å². The highest BCUT2D eigenvalue weighted by Crippen LogP contribution is 2.30. The SMILES string of the molecule is CC(=O)Nc1cccc(-n2cnnc2SCC(=O)N(Cc2ccsc2)C2CC2)c1. The lowest BCUT2D eigenvalue weighted by molar-refractivity contribution is -0.129. The van der Waals surface area contributed by atoms with Crippen LogP contribution < -0.4 is 5.32 Å². The molecule has 3 aromatic rings. The van der Waals surface area contributed by atoms with Gasteiger partial charge in [0.25, 0.3) is 0 Å². The molecule has 0 atom stereocenters. The van der Waals surface area contributed by atoms with Crippen LogP contribution in [-0.2, 0) is 16.1 Å². The molecule has 1 aromatic carbocycles. The molecule has 7 nitrogen and oxygen atoms in total. The van der Waals surface area contributed by atoms with Gasteiger partial charge in [0, 0.05) is 25.2 Å². The molecule has 2 amide bonds. The van der Waals surface area contributed by atoms with Crippen molar-refractivity contribution in [2.75, 3.05) is 11.1 Å². The summed E-state index contributed by atoms with van der Waals surface area (Å²) in [6, 6.07) is 9.87. The van der Waals surface area contributed by atoms with E-state index in [9.17, 15) is 9.59 Å². The normalized spacial score (nSPS) is 13.3. The third-order valence-electron chi connectivity index (χ3n) is 4.53. The van der Waals surface area contributed by atoms with E-state index in [1.165, 1.54) is 24.2 Å². The maximum atomic E-state index is 12.9. The number of thioether (sulfide) groups is 1. The molecule has 150 valence electrons. The van der Waals surface area contributed by atoms with Crippen LogP contribution in [0.3, 0.4) is 0 Å². The number of hydrogen-bond donors (Lipinski definition) is 1. The van der Waals surface area contributed by atoms with E-state index >= 15 is 0 Å². The van der Waals surface area contributed by atoms with E-state index < -0.39 is 0 Å². The maximum absolute atomic E-state index is 12.9. The number of aromatic nitrogens is 3. The molecule has 9 heteroatoms. The van der Waals surface area contributed by atoms with Gasteiger partial charge in [0.15, 0.2) is 5.16 Å². The fraction of sp³-hybridized carbons (Fsp3) is 0.300. The number of thiophene rings is 1. The number of nitrogens with one attached hydrogen (secondary N) is 1. The Balaban J connectivity index is 1.44. The first-order valence-corrected chi connectivity index (χ1v) is 11.2. The molecule has 2 aromatic heterocycles. The minimum Gasteiger partial charge on any atom is -0.335 e. The van der Waals surface area contributed by atoms with Crippen LogP contribution >= 0.6 is 23.1 Å². The summed E-state index contributed by atoms with van der Waals surface area (Å²) in [5, 5.41) is 15.7. The Morgan fingerprint density at radius 1 is 1.34 bits per heavy atom. The second kappa shape index (κ2) is 8.79. The highest BCUT2D eigenvalue weighted by Gasteiger charge is 2.32. The van der Waals surface area contributed by atoms with Crippen LogP contribution in [-0.4, -0.2) is 43.3 Å². The van der Waals surface area contributed by atoms with Gasteiger partial charge in [-0.2, -0.15) is 11.3 Å². The molecule has 1 aliphatic rings. The van der Waals surface area contributed by atoms with Crippen molar-refractivity contribution in [3.05, 3.63) is 53.0 Å². The second-order valence-electron chi connectivity index (χ2n) is 6.89. The highest BCUT2D eigenvalue weighted by molar-refractivity contribution is 7.99. The van der Waals surface area contributed by atoms with Gasteiger partial charge in [-0.05, 0) is 53.4 Å². The Morgan fingerprint density at radius 2 is 2.21 bits per heavy atom. The lowest BCUT2D eigenvalue weighted by Gasteiger charge is -2.21. The van der Waals surface area contributed by atoms with Gasteiger partial charge < -0.3 is 10.2 Å². The van der Waals surface area contributed by atoms with E-state index in [2.05, 4.69) is 27.0 Å². The van der Waals surface area contributed by atoms with Crippen molar-refractivity contribution < 1.29 is 9.59 Å². The third kappa shape index (κ3) is 5.04. The molecular formula is C20H21N5O2S2. The molecule has 0 bridgehead atoms. The first-order chi connectivity index (χ1) is 14.1. The van der Waals surface area contributed by atoms with Crippen molar-refractivity contribution in [2.45, 2.75) is 37.5 Å². The van der Waals surface area contributed by atoms with Crippen LogP contribution in [0, 0.1) is 0 Å². The summed E-state index contributed by atoms with van der Waals surface area (Å²) in [6.07, 6.45) is 3.77.